The molecule has 0 aromatic heterocycles. The number of amides is 1. The van der Waals surface area contributed by atoms with Crippen molar-refractivity contribution in [2.24, 2.45) is 0 Å². The second kappa shape index (κ2) is 6.89. The molecule has 5 heteroatoms. The topological polar surface area (TPSA) is 66.8 Å². The Kier molecular flexibility index (Phi) is 5.79. The first-order valence-electron chi connectivity index (χ1n) is 6.95. The van der Waals surface area contributed by atoms with Crippen LogP contribution in [0.15, 0.2) is 0 Å². The van der Waals surface area contributed by atoms with Crippen molar-refractivity contribution in [1.29, 1.82) is 0 Å². The number of nitrogens with zero attached hydrogens (tertiary/aromatic N) is 1. The normalized spacial score (nSPS) is 23.1. The van der Waals surface area contributed by atoms with Gasteiger partial charge in [-0.05, 0) is 33.6 Å². The van der Waals surface area contributed by atoms with E-state index in [2.05, 4.69) is 0 Å². The van der Waals surface area contributed by atoms with Crippen LogP contribution in [0.5, 0.6) is 0 Å². The zero-order valence-corrected chi connectivity index (χ0v) is 12.1. The Morgan fingerprint density at radius 2 is 2.00 bits per heavy atom. The van der Waals surface area contributed by atoms with Gasteiger partial charge in [0.2, 0.25) is 0 Å². The van der Waals surface area contributed by atoms with Crippen molar-refractivity contribution in [3.05, 3.63) is 0 Å². The van der Waals surface area contributed by atoms with Gasteiger partial charge in [-0.2, -0.15) is 0 Å². The van der Waals surface area contributed by atoms with E-state index in [1.165, 1.54) is 4.90 Å². The van der Waals surface area contributed by atoms with Crippen LogP contribution >= 0.6 is 0 Å². The van der Waals surface area contributed by atoms with Crippen LogP contribution in [-0.2, 0) is 9.53 Å². The second-order valence-corrected chi connectivity index (χ2v) is 6.11. The molecule has 5 nitrogen and oxygen atoms in total. The van der Waals surface area contributed by atoms with E-state index in [1.54, 1.807) is 20.8 Å². The van der Waals surface area contributed by atoms with Crippen molar-refractivity contribution in [2.45, 2.75) is 64.6 Å². The Morgan fingerprint density at radius 3 is 2.63 bits per heavy atom. The third kappa shape index (κ3) is 6.57. The van der Waals surface area contributed by atoms with Gasteiger partial charge in [0.25, 0.3) is 0 Å². The SMILES string of the molecule is CC(C)(C)OC(=O)N1CCC(=O)CCCCC(O)C1. The number of β-amino-alcohol motifs (C(OH)–C–C–N with tert-alkyl or cyclic N) is 1. The first-order valence-corrected chi connectivity index (χ1v) is 6.95. The van der Waals surface area contributed by atoms with E-state index >= 15 is 0 Å². The minimum atomic E-state index is -0.568. The van der Waals surface area contributed by atoms with Gasteiger partial charge in [0.15, 0.2) is 0 Å². The first-order chi connectivity index (χ1) is 8.78. The highest BCUT2D eigenvalue weighted by molar-refractivity contribution is 5.79. The van der Waals surface area contributed by atoms with Gasteiger partial charge in [0.05, 0.1) is 6.10 Å². The van der Waals surface area contributed by atoms with Crippen LogP contribution in [0.4, 0.5) is 4.79 Å². The Morgan fingerprint density at radius 1 is 1.32 bits per heavy atom. The van der Waals surface area contributed by atoms with Crippen LogP contribution < -0.4 is 0 Å². The van der Waals surface area contributed by atoms with Crippen molar-refractivity contribution in [1.82, 2.24) is 4.90 Å². The third-order valence-corrected chi connectivity index (χ3v) is 2.99. The number of hydrogen-bond donors (Lipinski definition) is 1. The summed E-state index contributed by atoms with van der Waals surface area (Å²) in [5.74, 6) is 0.171. The van der Waals surface area contributed by atoms with E-state index in [0.717, 1.165) is 12.8 Å². The molecule has 1 fully saturated rings. The number of aliphatic hydroxyl groups is 1. The van der Waals surface area contributed by atoms with Crippen LogP contribution in [0.25, 0.3) is 0 Å². The minimum Gasteiger partial charge on any atom is -0.444 e. The molecule has 1 N–H and O–H groups in total. The number of ketones is 1. The van der Waals surface area contributed by atoms with Crippen molar-refractivity contribution < 1.29 is 19.4 Å². The smallest absolute Gasteiger partial charge is 0.410 e. The summed E-state index contributed by atoms with van der Waals surface area (Å²) >= 11 is 0. The van der Waals surface area contributed by atoms with E-state index in [-0.39, 0.29) is 12.3 Å². The maximum absolute atomic E-state index is 12.0. The van der Waals surface area contributed by atoms with Crippen molar-refractivity contribution in [2.75, 3.05) is 13.1 Å². The number of Topliss-reactive ketones (excluding diaryl/α,β-unsaturated/α-hetero) is 1. The molecule has 1 amide bonds. The van der Waals surface area contributed by atoms with Gasteiger partial charge >= 0.3 is 6.09 Å². The molecule has 1 aliphatic rings. The zero-order valence-electron chi connectivity index (χ0n) is 12.1. The predicted molar refractivity (Wildman–Crippen MR) is 71.9 cm³/mol. The summed E-state index contributed by atoms with van der Waals surface area (Å²) in [5.41, 5.74) is -0.568. The molecular formula is C14H25NO4. The van der Waals surface area contributed by atoms with Crippen LogP contribution in [0.1, 0.15) is 52.9 Å². The molecule has 0 bridgehead atoms. The fourth-order valence-electron chi connectivity index (χ4n) is 2.02. The highest BCUT2D eigenvalue weighted by atomic mass is 16.6. The van der Waals surface area contributed by atoms with E-state index < -0.39 is 17.8 Å². The summed E-state index contributed by atoms with van der Waals surface area (Å²) in [6.07, 6.45) is 2.13. The molecule has 1 saturated heterocycles. The quantitative estimate of drug-likeness (QED) is 0.733. The van der Waals surface area contributed by atoms with Gasteiger partial charge in [-0.15, -0.1) is 0 Å². The molecule has 1 heterocycles. The number of carbonyl (C=O) groups excluding carboxylic acids is 2. The van der Waals surface area contributed by atoms with E-state index in [0.29, 0.717) is 25.8 Å². The summed E-state index contributed by atoms with van der Waals surface area (Å²) in [7, 11) is 0. The van der Waals surface area contributed by atoms with Gasteiger partial charge < -0.3 is 14.7 Å². The molecule has 0 aromatic rings. The summed E-state index contributed by atoms with van der Waals surface area (Å²) in [6, 6.07) is 0. The highest BCUT2D eigenvalue weighted by Crippen LogP contribution is 2.14. The minimum absolute atomic E-state index is 0.171. The molecule has 1 rings (SSSR count). The molecule has 1 atom stereocenters. The van der Waals surface area contributed by atoms with Crippen LogP contribution in [0, 0.1) is 0 Å². The molecule has 0 aliphatic carbocycles. The summed E-state index contributed by atoms with van der Waals surface area (Å²) in [4.78, 5) is 25.0. The monoisotopic (exact) mass is 271 g/mol. The number of rotatable bonds is 0. The molecule has 0 spiro atoms. The van der Waals surface area contributed by atoms with Crippen LogP contribution in [0.3, 0.4) is 0 Å². The molecule has 19 heavy (non-hydrogen) atoms. The van der Waals surface area contributed by atoms with E-state index in [9.17, 15) is 14.7 Å². The van der Waals surface area contributed by atoms with Crippen molar-refractivity contribution >= 4 is 11.9 Å². The second-order valence-electron chi connectivity index (χ2n) is 6.11. The van der Waals surface area contributed by atoms with E-state index in [1.807, 2.05) is 0 Å². The molecule has 110 valence electrons. The highest BCUT2D eigenvalue weighted by Gasteiger charge is 2.25. The summed E-state index contributed by atoms with van der Waals surface area (Å²) in [5, 5.41) is 9.88. The molecule has 0 aromatic carbocycles. The average Bonchev–Trinajstić information content (AvgIpc) is 2.27. The molecule has 0 radical (unpaired) electrons. The number of carbonyl (C=O) groups is 2. The fourth-order valence-corrected chi connectivity index (χ4v) is 2.02. The standard InChI is InChI=1S/C14H25NO4/c1-14(2,3)19-13(18)15-9-8-11(16)6-4-5-7-12(17)10-15/h12,17H,4-10H2,1-3H3. The lowest BCUT2D eigenvalue weighted by atomic mass is 10.0. The van der Waals surface area contributed by atoms with Gasteiger partial charge in [-0.3, -0.25) is 4.79 Å². The molecular weight excluding hydrogens is 246 g/mol. The summed E-state index contributed by atoms with van der Waals surface area (Å²) < 4.78 is 5.29. The Balaban J connectivity index is 2.64. The maximum Gasteiger partial charge on any atom is 0.410 e. The molecule has 1 unspecified atom stereocenters. The number of hydrogen-bond acceptors (Lipinski definition) is 4. The van der Waals surface area contributed by atoms with Crippen molar-refractivity contribution in [3.8, 4) is 0 Å². The van der Waals surface area contributed by atoms with Crippen molar-refractivity contribution in [3.63, 3.8) is 0 Å². The van der Waals surface area contributed by atoms with Crippen LogP contribution in [-0.4, -0.2) is 46.7 Å². The fraction of sp³-hybridized carbons (Fsp3) is 0.857. The zero-order chi connectivity index (χ0) is 14.5. The number of aliphatic hydroxyl groups excluding tert-OH is 1. The molecule has 0 saturated carbocycles. The van der Waals surface area contributed by atoms with Gasteiger partial charge in [-0.1, -0.05) is 6.42 Å². The van der Waals surface area contributed by atoms with Gasteiger partial charge in [-0.25, -0.2) is 4.79 Å². The Hall–Kier alpha value is -1.10. The predicted octanol–water partition coefficient (Wildman–Crippen LogP) is 2.12. The van der Waals surface area contributed by atoms with Crippen LogP contribution in [0.2, 0.25) is 0 Å². The molecule has 1 aliphatic heterocycles. The van der Waals surface area contributed by atoms with E-state index in [4.69, 9.17) is 4.74 Å². The van der Waals surface area contributed by atoms with Gasteiger partial charge in [0.1, 0.15) is 11.4 Å². The average molecular weight is 271 g/mol. The lowest BCUT2D eigenvalue weighted by Gasteiger charge is -2.29. The Labute approximate surface area is 114 Å². The lowest BCUT2D eigenvalue weighted by Crippen LogP contribution is -2.42. The van der Waals surface area contributed by atoms with Gasteiger partial charge in [0, 0.05) is 25.9 Å². The summed E-state index contributed by atoms with van der Waals surface area (Å²) in [6.45, 7) is 5.96. The largest absolute Gasteiger partial charge is 0.444 e. The first kappa shape index (κ1) is 16.0. The maximum atomic E-state index is 12.0. The Bertz CT molecular complexity index is 322. The third-order valence-electron chi connectivity index (χ3n) is 2.99. The lowest BCUT2D eigenvalue weighted by molar-refractivity contribution is -0.119. The number of ether oxygens (including phenoxy) is 1.